The topological polar surface area (TPSA) is 87.2 Å². The molecule has 1 aliphatic rings. The summed E-state index contributed by atoms with van der Waals surface area (Å²) in [5.41, 5.74) is 7.95. The van der Waals surface area contributed by atoms with Crippen molar-refractivity contribution in [2.24, 2.45) is 0 Å². The zero-order chi connectivity index (χ0) is 15.0. The maximum absolute atomic E-state index is 12.8. The maximum Gasteiger partial charge on any atom is 0.266 e. The first-order valence-electron chi connectivity index (χ1n) is 6.44. The number of sulfonamides is 1. The van der Waals surface area contributed by atoms with Crippen LogP contribution < -0.4 is 10.0 Å². The summed E-state index contributed by atoms with van der Waals surface area (Å²) in [7, 11) is -3.71. The van der Waals surface area contributed by atoms with Crippen molar-refractivity contribution in [3.8, 4) is 6.07 Å². The molecular weight excluding hydrogens is 286 g/mol. The molecule has 1 aliphatic heterocycles. The van der Waals surface area contributed by atoms with Crippen molar-refractivity contribution in [2.75, 3.05) is 16.6 Å². The van der Waals surface area contributed by atoms with Crippen molar-refractivity contribution in [1.82, 2.24) is 0 Å². The third kappa shape index (κ3) is 2.12. The van der Waals surface area contributed by atoms with E-state index in [0.29, 0.717) is 24.2 Å². The molecule has 0 bridgehead atoms. The average Bonchev–Trinajstić information content (AvgIpc) is 2.91. The molecule has 2 aromatic carbocycles. The van der Waals surface area contributed by atoms with Crippen LogP contribution in [0, 0.1) is 11.3 Å². The Morgan fingerprint density at radius 2 is 1.95 bits per heavy atom. The Hall–Kier alpha value is -2.52. The van der Waals surface area contributed by atoms with E-state index >= 15 is 0 Å². The van der Waals surface area contributed by atoms with Crippen molar-refractivity contribution in [2.45, 2.75) is 11.3 Å². The van der Waals surface area contributed by atoms with Crippen LogP contribution in [-0.2, 0) is 16.4 Å². The molecule has 106 valence electrons. The van der Waals surface area contributed by atoms with Gasteiger partial charge < -0.3 is 5.73 Å². The molecule has 0 unspecified atom stereocenters. The molecule has 0 spiro atoms. The summed E-state index contributed by atoms with van der Waals surface area (Å²) in [5, 5.41) is 8.83. The normalized spacial score (nSPS) is 13.8. The number of nitrogen functional groups attached to an aromatic ring is 1. The van der Waals surface area contributed by atoms with Gasteiger partial charge in [0.05, 0.1) is 23.0 Å². The molecule has 0 aromatic heterocycles. The van der Waals surface area contributed by atoms with E-state index in [9.17, 15) is 8.42 Å². The lowest BCUT2D eigenvalue weighted by Gasteiger charge is -2.20. The Labute approximate surface area is 123 Å². The monoisotopic (exact) mass is 299 g/mol. The molecule has 3 rings (SSSR count). The van der Waals surface area contributed by atoms with Gasteiger partial charge in [0, 0.05) is 6.54 Å². The fourth-order valence-corrected chi connectivity index (χ4v) is 4.13. The lowest BCUT2D eigenvalue weighted by atomic mass is 10.2. The predicted octanol–water partition coefficient (Wildman–Crippen LogP) is 1.89. The van der Waals surface area contributed by atoms with Gasteiger partial charge in [0.25, 0.3) is 10.0 Å². The van der Waals surface area contributed by atoms with Crippen LogP contribution >= 0.6 is 0 Å². The molecule has 0 amide bonds. The summed E-state index contributed by atoms with van der Waals surface area (Å²) in [6.07, 6.45) is 0.686. The fraction of sp³-hybridized carbons (Fsp3) is 0.133. The Kier molecular flexibility index (Phi) is 3.07. The van der Waals surface area contributed by atoms with Gasteiger partial charge in [0.15, 0.2) is 0 Å². The highest BCUT2D eigenvalue weighted by Gasteiger charge is 2.31. The molecule has 5 nitrogen and oxygen atoms in total. The lowest BCUT2D eigenvalue weighted by Crippen LogP contribution is -2.29. The summed E-state index contributed by atoms with van der Waals surface area (Å²) in [5.74, 6) is 0. The lowest BCUT2D eigenvalue weighted by molar-refractivity contribution is 0.592. The zero-order valence-electron chi connectivity index (χ0n) is 11.2. The fourth-order valence-electron chi connectivity index (χ4n) is 2.53. The van der Waals surface area contributed by atoms with E-state index in [4.69, 9.17) is 11.0 Å². The third-order valence-electron chi connectivity index (χ3n) is 3.55. The van der Waals surface area contributed by atoms with Crippen LogP contribution in [0.3, 0.4) is 0 Å². The molecule has 6 heteroatoms. The minimum absolute atomic E-state index is 0.0400. The van der Waals surface area contributed by atoms with Crippen molar-refractivity contribution < 1.29 is 8.42 Å². The van der Waals surface area contributed by atoms with Crippen LogP contribution in [0.5, 0.6) is 0 Å². The molecule has 0 saturated heterocycles. The summed E-state index contributed by atoms with van der Waals surface area (Å²) in [6.45, 7) is 0.404. The van der Waals surface area contributed by atoms with E-state index in [-0.39, 0.29) is 10.6 Å². The number of rotatable bonds is 2. The molecule has 1 heterocycles. The van der Waals surface area contributed by atoms with Gasteiger partial charge in [-0.1, -0.05) is 18.2 Å². The van der Waals surface area contributed by atoms with Gasteiger partial charge in [0.2, 0.25) is 0 Å². The van der Waals surface area contributed by atoms with Crippen molar-refractivity contribution >= 4 is 21.4 Å². The largest absolute Gasteiger partial charge is 0.398 e. The van der Waals surface area contributed by atoms with Crippen molar-refractivity contribution in [3.05, 3.63) is 53.6 Å². The highest BCUT2D eigenvalue weighted by molar-refractivity contribution is 7.93. The SMILES string of the molecule is N#Cc1ccc(S(=O)(=O)N2CCc3ccccc32)c(N)c1. The van der Waals surface area contributed by atoms with E-state index in [0.717, 1.165) is 5.56 Å². The first-order chi connectivity index (χ1) is 10.0. The number of anilines is 2. The number of nitrogens with two attached hydrogens (primary N) is 1. The highest BCUT2D eigenvalue weighted by Crippen LogP contribution is 2.34. The van der Waals surface area contributed by atoms with E-state index in [1.54, 1.807) is 6.07 Å². The number of fused-ring (bicyclic) bond motifs is 1. The Balaban J connectivity index is 2.09. The maximum atomic E-state index is 12.8. The summed E-state index contributed by atoms with van der Waals surface area (Å²) in [4.78, 5) is 0.0400. The van der Waals surface area contributed by atoms with Gasteiger partial charge >= 0.3 is 0 Å². The van der Waals surface area contributed by atoms with Crippen LogP contribution in [0.4, 0.5) is 11.4 Å². The molecular formula is C15H13N3O2S. The Morgan fingerprint density at radius 1 is 1.19 bits per heavy atom. The quantitative estimate of drug-likeness (QED) is 0.858. The molecule has 0 atom stereocenters. The molecule has 0 fully saturated rings. The number of para-hydroxylation sites is 1. The standard InChI is InChI=1S/C15H13N3O2S/c16-10-11-5-6-15(13(17)9-11)21(19,20)18-8-7-12-3-1-2-4-14(12)18/h1-6,9H,7-8,17H2. The van der Waals surface area contributed by atoms with Crippen molar-refractivity contribution in [3.63, 3.8) is 0 Å². The smallest absolute Gasteiger partial charge is 0.266 e. The van der Waals surface area contributed by atoms with E-state index in [1.165, 1.54) is 22.5 Å². The third-order valence-corrected chi connectivity index (χ3v) is 5.44. The molecule has 0 saturated carbocycles. The molecule has 2 aromatic rings. The van der Waals surface area contributed by atoms with Crippen LogP contribution in [0.25, 0.3) is 0 Å². The minimum atomic E-state index is -3.71. The number of nitriles is 1. The average molecular weight is 299 g/mol. The Bertz CT molecular complexity index is 853. The van der Waals surface area contributed by atoms with E-state index in [1.807, 2.05) is 24.3 Å². The molecule has 0 radical (unpaired) electrons. The van der Waals surface area contributed by atoms with Gasteiger partial charge in [-0.15, -0.1) is 0 Å². The molecule has 2 N–H and O–H groups in total. The van der Waals surface area contributed by atoms with Crippen LogP contribution in [0.1, 0.15) is 11.1 Å². The first-order valence-corrected chi connectivity index (χ1v) is 7.88. The zero-order valence-corrected chi connectivity index (χ0v) is 12.0. The summed E-state index contributed by atoms with van der Waals surface area (Å²) >= 11 is 0. The first kappa shape index (κ1) is 13.5. The Morgan fingerprint density at radius 3 is 2.67 bits per heavy atom. The highest BCUT2D eigenvalue weighted by atomic mass is 32.2. The predicted molar refractivity (Wildman–Crippen MR) is 80.2 cm³/mol. The second kappa shape index (κ2) is 4.79. The molecule has 21 heavy (non-hydrogen) atoms. The summed E-state index contributed by atoms with van der Waals surface area (Å²) in [6, 6.07) is 13.6. The van der Waals surface area contributed by atoms with Crippen LogP contribution in [-0.4, -0.2) is 15.0 Å². The van der Waals surface area contributed by atoms with E-state index < -0.39 is 10.0 Å². The van der Waals surface area contributed by atoms with Crippen LogP contribution in [0.2, 0.25) is 0 Å². The van der Waals surface area contributed by atoms with Gasteiger partial charge in [-0.3, -0.25) is 4.31 Å². The second-order valence-corrected chi connectivity index (χ2v) is 6.65. The van der Waals surface area contributed by atoms with Gasteiger partial charge in [-0.25, -0.2) is 8.42 Å². The van der Waals surface area contributed by atoms with Crippen molar-refractivity contribution in [1.29, 1.82) is 5.26 Å². The number of nitrogens with zero attached hydrogens (tertiary/aromatic N) is 2. The number of hydrogen-bond acceptors (Lipinski definition) is 4. The minimum Gasteiger partial charge on any atom is -0.398 e. The van der Waals surface area contributed by atoms with Gasteiger partial charge in [0.1, 0.15) is 4.90 Å². The summed E-state index contributed by atoms with van der Waals surface area (Å²) < 4.78 is 26.9. The number of hydrogen-bond donors (Lipinski definition) is 1. The van der Waals surface area contributed by atoms with Crippen LogP contribution in [0.15, 0.2) is 47.4 Å². The second-order valence-electron chi connectivity index (χ2n) is 4.82. The van der Waals surface area contributed by atoms with Gasteiger partial charge in [-0.2, -0.15) is 5.26 Å². The molecule has 0 aliphatic carbocycles. The van der Waals surface area contributed by atoms with E-state index in [2.05, 4.69) is 0 Å². The number of benzene rings is 2. The van der Waals surface area contributed by atoms with Gasteiger partial charge in [-0.05, 0) is 36.2 Å².